The number of rotatable bonds is 4. The molecule has 2 heterocycles. The molecule has 0 aliphatic carbocycles. The van der Waals surface area contributed by atoms with E-state index in [0.717, 1.165) is 42.3 Å². The maximum absolute atomic E-state index is 5.70. The van der Waals surface area contributed by atoms with Gasteiger partial charge >= 0.3 is 0 Å². The van der Waals surface area contributed by atoms with E-state index in [1.54, 1.807) is 13.3 Å². The number of nitrogens with one attached hydrogen (secondary N) is 2. The van der Waals surface area contributed by atoms with E-state index in [1.807, 2.05) is 30.3 Å². The second kappa shape index (κ2) is 7.58. The van der Waals surface area contributed by atoms with E-state index >= 15 is 0 Å². The molecule has 0 radical (unpaired) electrons. The van der Waals surface area contributed by atoms with E-state index in [2.05, 4.69) is 15.6 Å². The van der Waals surface area contributed by atoms with Crippen LogP contribution in [0.25, 0.3) is 0 Å². The Bertz CT molecular complexity index is 653. The number of fused-ring (bicyclic) bond motifs is 1. The molecule has 2 aromatic rings. The predicted octanol–water partition coefficient (Wildman–Crippen LogP) is 2.67. The van der Waals surface area contributed by atoms with Crippen LogP contribution in [0.5, 0.6) is 11.5 Å². The van der Waals surface area contributed by atoms with E-state index < -0.39 is 0 Å². The van der Waals surface area contributed by atoms with Crippen molar-refractivity contribution in [3.8, 4) is 11.5 Å². The van der Waals surface area contributed by atoms with Gasteiger partial charge in [-0.3, -0.25) is 4.99 Å². The minimum absolute atomic E-state index is 0.673. The highest BCUT2D eigenvalue weighted by Crippen LogP contribution is 2.32. The maximum Gasteiger partial charge on any atom is 0.195 e. The minimum atomic E-state index is 0.673. The number of guanidine groups is 1. The van der Waals surface area contributed by atoms with Crippen LogP contribution in [0.3, 0.4) is 0 Å². The Morgan fingerprint density at radius 3 is 2.83 bits per heavy atom. The fourth-order valence-electron chi connectivity index (χ4n) is 2.32. The standard InChI is InChI=1S/C17H21N3O3/c1-18-17(19-8-7-14-4-2-9-21-14)20-13-5-6-15-16(12-13)23-11-3-10-22-15/h2,4-6,9,12H,3,7-8,10-11H2,1H3,(H2,18,19,20). The first kappa shape index (κ1) is 15.3. The molecule has 122 valence electrons. The number of aliphatic imine (C=N–C) groups is 1. The lowest BCUT2D eigenvalue weighted by molar-refractivity contribution is 0.297. The first-order valence-corrected chi connectivity index (χ1v) is 7.75. The number of benzene rings is 1. The van der Waals surface area contributed by atoms with Crippen molar-refractivity contribution in [2.75, 3.05) is 32.1 Å². The van der Waals surface area contributed by atoms with Gasteiger partial charge in [0.05, 0.1) is 19.5 Å². The first-order valence-electron chi connectivity index (χ1n) is 7.75. The smallest absolute Gasteiger partial charge is 0.195 e. The van der Waals surface area contributed by atoms with Gasteiger partial charge in [0, 0.05) is 38.2 Å². The molecule has 1 aliphatic heterocycles. The van der Waals surface area contributed by atoms with Crippen molar-refractivity contribution >= 4 is 11.6 Å². The molecule has 0 fully saturated rings. The Morgan fingerprint density at radius 2 is 2.04 bits per heavy atom. The lowest BCUT2D eigenvalue weighted by atomic mass is 10.2. The summed E-state index contributed by atoms with van der Waals surface area (Å²) < 4.78 is 16.6. The molecule has 2 N–H and O–H groups in total. The summed E-state index contributed by atoms with van der Waals surface area (Å²) >= 11 is 0. The minimum Gasteiger partial charge on any atom is -0.490 e. The van der Waals surface area contributed by atoms with Gasteiger partial charge in [0.15, 0.2) is 17.5 Å². The lowest BCUT2D eigenvalue weighted by Gasteiger charge is -2.13. The second-order valence-corrected chi connectivity index (χ2v) is 5.17. The monoisotopic (exact) mass is 315 g/mol. The van der Waals surface area contributed by atoms with Gasteiger partial charge in [-0.2, -0.15) is 0 Å². The molecule has 1 aromatic heterocycles. The molecule has 0 saturated heterocycles. The Kier molecular flexibility index (Phi) is 5.03. The predicted molar refractivity (Wildman–Crippen MR) is 89.4 cm³/mol. The highest BCUT2D eigenvalue weighted by Gasteiger charge is 2.11. The van der Waals surface area contributed by atoms with E-state index in [0.29, 0.717) is 19.2 Å². The highest BCUT2D eigenvalue weighted by atomic mass is 16.5. The van der Waals surface area contributed by atoms with Crippen molar-refractivity contribution in [1.29, 1.82) is 0 Å². The molecule has 1 aromatic carbocycles. The summed E-state index contributed by atoms with van der Waals surface area (Å²) in [5.41, 5.74) is 0.903. The Morgan fingerprint density at radius 1 is 1.17 bits per heavy atom. The van der Waals surface area contributed by atoms with Crippen LogP contribution in [-0.4, -0.2) is 32.8 Å². The average molecular weight is 315 g/mol. The molecule has 0 saturated carbocycles. The summed E-state index contributed by atoms with van der Waals surface area (Å²) in [5, 5.41) is 6.51. The van der Waals surface area contributed by atoms with Crippen molar-refractivity contribution in [3.63, 3.8) is 0 Å². The number of anilines is 1. The second-order valence-electron chi connectivity index (χ2n) is 5.17. The molecule has 0 unspecified atom stereocenters. The van der Waals surface area contributed by atoms with Gasteiger partial charge in [0.25, 0.3) is 0 Å². The third-order valence-corrected chi connectivity index (χ3v) is 3.48. The molecule has 0 bridgehead atoms. The summed E-state index contributed by atoms with van der Waals surface area (Å²) in [4.78, 5) is 4.22. The topological polar surface area (TPSA) is 68.0 Å². The first-order chi connectivity index (χ1) is 11.3. The molecule has 23 heavy (non-hydrogen) atoms. The third kappa shape index (κ3) is 4.18. The molecular weight excluding hydrogens is 294 g/mol. The third-order valence-electron chi connectivity index (χ3n) is 3.48. The van der Waals surface area contributed by atoms with Gasteiger partial charge in [0.1, 0.15) is 5.76 Å². The van der Waals surface area contributed by atoms with Crippen LogP contribution >= 0.6 is 0 Å². The van der Waals surface area contributed by atoms with Gasteiger partial charge in [-0.1, -0.05) is 0 Å². The number of nitrogens with zero attached hydrogens (tertiary/aromatic N) is 1. The average Bonchev–Trinajstić information content (AvgIpc) is 2.98. The molecule has 6 heteroatoms. The van der Waals surface area contributed by atoms with Crippen LogP contribution in [-0.2, 0) is 6.42 Å². The van der Waals surface area contributed by atoms with Crippen LogP contribution in [0.1, 0.15) is 12.2 Å². The van der Waals surface area contributed by atoms with Crippen molar-refractivity contribution in [1.82, 2.24) is 5.32 Å². The summed E-state index contributed by atoms with van der Waals surface area (Å²) in [6.45, 7) is 2.10. The molecule has 0 amide bonds. The zero-order chi connectivity index (χ0) is 15.9. The van der Waals surface area contributed by atoms with Gasteiger partial charge in [-0.05, 0) is 24.3 Å². The molecule has 1 aliphatic rings. The number of hydrogen-bond acceptors (Lipinski definition) is 4. The zero-order valence-corrected chi connectivity index (χ0v) is 13.2. The largest absolute Gasteiger partial charge is 0.490 e. The van der Waals surface area contributed by atoms with Crippen molar-refractivity contribution < 1.29 is 13.9 Å². The number of furan rings is 1. The van der Waals surface area contributed by atoms with E-state index in [9.17, 15) is 0 Å². The molecule has 0 spiro atoms. The highest BCUT2D eigenvalue weighted by molar-refractivity contribution is 5.93. The molecule has 6 nitrogen and oxygen atoms in total. The zero-order valence-electron chi connectivity index (χ0n) is 13.2. The van der Waals surface area contributed by atoms with Crippen LogP contribution < -0.4 is 20.1 Å². The number of hydrogen-bond donors (Lipinski definition) is 2. The Hall–Kier alpha value is -2.63. The van der Waals surface area contributed by atoms with Crippen LogP contribution in [0.2, 0.25) is 0 Å². The van der Waals surface area contributed by atoms with Gasteiger partial charge in [-0.15, -0.1) is 0 Å². The van der Waals surface area contributed by atoms with E-state index in [1.165, 1.54) is 0 Å². The van der Waals surface area contributed by atoms with E-state index in [4.69, 9.17) is 13.9 Å². The van der Waals surface area contributed by atoms with Crippen LogP contribution in [0.15, 0.2) is 46.0 Å². The van der Waals surface area contributed by atoms with Gasteiger partial charge in [0.2, 0.25) is 0 Å². The van der Waals surface area contributed by atoms with Gasteiger partial charge < -0.3 is 24.5 Å². The van der Waals surface area contributed by atoms with Crippen molar-refractivity contribution in [3.05, 3.63) is 42.4 Å². The van der Waals surface area contributed by atoms with Crippen molar-refractivity contribution in [2.24, 2.45) is 4.99 Å². The fraction of sp³-hybridized carbons (Fsp3) is 0.353. The fourth-order valence-corrected chi connectivity index (χ4v) is 2.32. The van der Waals surface area contributed by atoms with Crippen LogP contribution in [0.4, 0.5) is 5.69 Å². The van der Waals surface area contributed by atoms with Gasteiger partial charge in [-0.25, -0.2) is 0 Å². The summed E-state index contributed by atoms with van der Waals surface area (Å²) in [5.74, 6) is 3.20. The van der Waals surface area contributed by atoms with Crippen molar-refractivity contribution in [2.45, 2.75) is 12.8 Å². The summed E-state index contributed by atoms with van der Waals surface area (Å²) in [7, 11) is 1.74. The maximum atomic E-state index is 5.70. The molecule has 3 rings (SSSR count). The summed E-state index contributed by atoms with van der Waals surface area (Å²) in [6.07, 6.45) is 3.38. The number of ether oxygens (including phenoxy) is 2. The Labute approximate surface area is 135 Å². The lowest BCUT2D eigenvalue weighted by Crippen LogP contribution is -2.32. The van der Waals surface area contributed by atoms with Crippen LogP contribution in [0, 0.1) is 0 Å². The summed E-state index contributed by atoms with van der Waals surface area (Å²) in [6, 6.07) is 9.65. The normalized spacial score (nSPS) is 14.2. The Balaban J connectivity index is 1.57. The SMILES string of the molecule is CN=C(NCCc1ccco1)Nc1ccc2c(c1)OCCCO2. The molecular formula is C17H21N3O3. The molecule has 0 atom stereocenters. The van der Waals surface area contributed by atoms with E-state index in [-0.39, 0.29) is 0 Å². The quantitative estimate of drug-likeness (QED) is 0.670.